The van der Waals surface area contributed by atoms with Gasteiger partial charge in [-0.15, -0.1) is 0 Å². The molecule has 0 rings (SSSR count). The summed E-state index contributed by atoms with van der Waals surface area (Å²) in [6.07, 6.45) is 0. The minimum Gasteiger partial charge on any atom is -0.284 e. The summed E-state index contributed by atoms with van der Waals surface area (Å²) < 4.78 is 0. The second-order valence-corrected chi connectivity index (χ2v) is 4.04. The van der Waals surface area contributed by atoms with E-state index in [0.29, 0.717) is 0 Å². The second-order valence-electron chi connectivity index (χ2n) is 4.04. The zero-order valence-electron chi connectivity index (χ0n) is 8.01. The third-order valence-corrected chi connectivity index (χ3v) is 2.02. The van der Waals surface area contributed by atoms with Crippen LogP contribution in [0.4, 0.5) is 0 Å². The highest BCUT2D eigenvalue weighted by molar-refractivity contribution is 5.78. The van der Waals surface area contributed by atoms with Crippen molar-refractivity contribution >= 4 is 5.91 Å². The fraction of sp³-hybridized carbons (Fsp3) is 0.875. The Hall–Kier alpha value is -0.570. The molecule has 1 amide bonds. The summed E-state index contributed by atoms with van der Waals surface area (Å²) in [5.41, 5.74) is -0.00921. The SMILES string of the molecule is CC(C(=O)N(C)N)C(C)(C)C. The maximum absolute atomic E-state index is 11.3. The lowest BCUT2D eigenvalue weighted by molar-refractivity contribution is -0.137. The zero-order chi connectivity index (χ0) is 9.23. The number of nitrogens with two attached hydrogens (primary N) is 1. The topological polar surface area (TPSA) is 46.3 Å². The monoisotopic (exact) mass is 158 g/mol. The highest BCUT2D eigenvalue weighted by Gasteiger charge is 2.27. The Morgan fingerprint density at radius 1 is 1.45 bits per heavy atom. The molecule has 0 fully saturated rings. The van der Waals surface area contributed by atoms with E-state index in [2.05, 4.69) is 0 Å². The summed E-state index contributed by atoms with van der Waals surface area (Å²) >= 11 is 0. The Morgan fingerprint density at radius 2 is 1.82 bits per heavy atom. The Bertz CT molecular complexity index is 147. The van der Waals surface area contributed by atoms with Gasteiger partial charge in [0.2, 0.25) is 5.91 Å². The smallest absolute Gasteiger partial charge is 0.239 e. The third-order valence-electron chi connectivity index (χ3n) is 2.02. The van der Waals surface area contributed by atoms with Gasteiger partial charge in [-0.3, -0.25) is 9.80 Å². The van der Waals surface area contributed by atoms with E-state index >= 15 is 0 Å². The van der Waals surface area contributed by atoms with Gasteiger partial charge in [-0.05, 0) is 5.41 Å². The lowest BCUT2D eigenvalue weighted by Crippen LogP contribution is -2.41. The molecule has 0 aromatic carbocycles. The number of rotatable bonds is 1. The Kier molecular flexibility index (Phi) is 3.05. The maximum Gasteiger partial charge on any atom is 0.239 e. The molecule has 0 aliphatic carbocycles. The fourth-order valence-electron chi connectivity index (χ4n) is 0.676. The number of carbonyl (C=O) groups excluding carboxylic acids is 1. The van der Waals surface area contributed by atoms with E-state index in [9.17, 15) is 4.79 Å². The van der Waals surface area contributed by atoms with Gasteiger partial charge in [0.25, 0.3) is 0 Å². The Labute approximate surface area is 68.5 Å². The number of hydrogen-bond donors (Lipinski definition) is 1. The molecule has 0 spiro atoms. The molecular weight excluding hydrogens is 140 g/mol. The quantitative estimate of drug-likeness (QED) is 0.351. The van der Waals surface area contributed by atoms with Gasteiger partial charge in [0.15, 0.2) is 0 Å². The highest BCUT2D eigenvalue weighted by atomic mass is 16.2. The molecule has 0 aromatic heterocycles. The van der Waals surface area contributed by atoms with E-state index in [1.54, 1.807) is 7.05 Å². The first kappa shape index (κ1) is 10.4. The van der Waals surface area contributed by atoms with Crippen LogP contribution in [0, 0.1) is 11.3 Å². The minimum atomic E-state index is -0.0301. The van der Waals surface area contributed by atoms with Crippen molar-refractivity contribution in [3.05, 3.63) is 0 Å². The van der Waals surface area contributed by atoms with E-state index in [1.807, 2.05) is 27.7 Å². The van der Waals surface area contributed by atoms with Crippen LogP contribution in [-0.2, 0) is 4.79 Å². The van der Waals surface area contributed by atoms with Gasteiger partial charge in [0.1, 0.15) is 0 Å². The molecule has 3 heteroatoms. The van der Waals surface area contributed by atoms with Crippen molar-refractivity contribution in [1.82, 2.24) is 5.01 Å². The van der Waals surface area contributed by atoms with Crippen LogP contribution in [0.25, 0.3) is 0 Å². The standard InChI is InChI=1S/C8H18N2O/c1-6(8(2,3)4)7(11)10(5)9/h6H,9H2,1-5H3. The minimum absolute atomic E-state index is 0.00921. The largest absolute Gasteiger partial charge is 0.284 e. The molecule has 0 aliphatic heterocycles. The van der Waals surface area contributed by atoms with E-state index < -0.39 is 0 Å². The first-order chi connectivity index (χ1) is 4.76. The molecule has 66 valence electrons. The van der Waals surface area contributed by atoms with Crippen LogP contribution in [0.2, 0.25) is 0 Å². The van der Waals surface area contributed by atoms with Crippen molar-refractivity contribution in [3.63, 3.8) is 0 Å². The van der Waals surface area contributed by atoms with Crippen LogP contribution in [0.1, 0.15) is 27.7 Å². The Morgan fingerprint density at radius 3 is 1.91 bits per heavy atom. The second kappa shape index (κ2) is 3.22. The lowest BCUT2D eigenvalue weighted by Gasteiger charge is -2.28. The number of amides is 1. The van der Waals surface area contributed by atoms with Gasteiger partial charge in [-0.2, -0.15) is 0 Å². The molecule has 0 heterocycles. The summed E-state index contributed by atoms with van der Waals surface area (Å²) in [5, 5.41) is 1.15. The predicted octanol–water partition coefficient (Wildman–Crippen LogP) is 1.00. The number of nitrogens with zero attached hydrogens (tertiary/aromatic N) is 1. The number of carbonyl (C=O) groups is 1. The molecule has 0 saturated heterocycles. The van der Waals surface area contributed by atoms with E-state index in [0.717, 1.165) is 5.01 Å². The van der Waals surface area contributed by atoms with Crippen molar-refractivity contribution < 1.29 is 4.79 Å². The molecule has 0 radical (unpaired) electrons. The first-order valence-corrected chi connectivity index (χ1v) is 3.79. The summed E-state index contributed by atoms with van der Waals surface area (Å²) in [6.45, 7) is 7.98. The van der Waals surface area contributed by atoms with Crippen molar-refractivity contribution in [3.8, 4) is 0 Å². The third kappa shape index (κ3) is 2.89. The molecule has 0 aliphatic rings. The summed E-state index contributed by atoms with van der Waals surface area (Å²) in [4.78, 5) is 11.3. The van der Waals surface area contributed by atoms with E-state index in [1.165, 1.54) is 0 Å². The van der Waals surface area contributed by atoms with Gasteiger partial charge in [0, 0.05) is 13.0 Å². The zero-order valence-corrected chi connectivity index (χ0v) is 8.01. The average Bonchev–Trinajstić information content (AvgIpc) is 1.82. The molecular formula is C8H18N2O. The molecule has 1 atom stereocenters. The van der Waals surface area contributed by atoms with Crippen LogP contribution in [0.3, 0.4) is 0 Å². The normalized spacial score (nSPS) is 14.4. The molecule has 0 aromatic rings. The Balaban J connectivity index is 4.26. The molecule has 0 saturated carbocycles. The van der Waals surface area contributed by atoms with Crippen molar-refractivity contribution in [2.24, 2.45) is 17.2 Å². The number of hydrazine groups is 1. The summed E-state index contributed by atoms with van der Waals surface area (Å²) in [7, 11) is 1.57. The molecule has 3 nitrogen and oxygen atoms in total. The predicted molar refractivity (Wildman–Crippen MR) is 45.6 cm³/mol. The molecule has 1 unspecified atom stereocenters. The van der Waals surface area contributed by atoms with Crippen LogP contribution in [0.5, 0.6) is 0 Å². The average molecular weight is 158 g/mol. The van der Waals surface area contributed by atoms with Gasteiger partial charge < -0.3 is 0 Å². The van der Waals surface area contributed by atoms with Crippen molar-refractivity contribution in [2.75, 3.05) is 7.05 Å². The molecule has 11 heavy (non-hydrogen) atoms. The van der Waals surface area contributed by atoms with Crippen LogP contribution in [0.15, 0.2) is 0 Å². The van der Waals surface area contributed by atoms with Crippen molar-refractivity contribution in [2.45, 2.75) is 27.7 Å². The van der Waals surface area contributed by atoms with Crippen LogP contribution >= 0.6 is 0 Å². The van der Waals surface area contributed by atoms with E-state index in [4.69, 9.17) is 5.84 Å². The maximum atomic E-state index is 11.3. The van der Waals surface area contributed by atoms with Gasteiger partial charge in [-0.25, -0.2) is 5.84 Å². The fourth-order valence-corrected chi connectivity index (χ4v) is 0.676. The van der Waals surface area contributed by atoms with Gasteiger partial charge >= 0.3 is 0 Å². The van der Waals surface area contributed by atoms with Crippen LogP contribution in [-0.4, -0.2) is 18.0 Å². The van der Waals surface area contributed by atoms with E-state index in [-0.39, 0.29) is 17.2 Å². The lowest BCUT2D eigenvalue weighted by atomic mass is 9.81. The van der Waals surface area contributed by atoms with Gasteiger partial charge in [-0.1, -0.05) is 27.7 Å². The van der Waals surface area contributed by atoms with Gasteiger partial charge in [0.05, 0.1) is 0 Å². The van der Waals surface area contributed by atoms with Crippen LogP contribution < -0.4 is 5.84 Å². The summed E-state index contributed by atoms with van der Waals surface area (Å²) in [5.74, 6) is 5.27. The summed E-state index contributed by atoms with van der Waals surface area (Å²) in [6, 6.07) is 0. The first-order valence-electron chi connectivity index (χ1n) is 3.79. The highest BCUT2D eigenvalue weighted by Crippen LogP contribution is 2.25. The molecule has 2 N–H and O–H groups in total. The van der Waals surface area contributed by atoms with Crippen molar-refractivity contribution in [1.29, 1.82) is 0 Å². The number of hydrogen-bond acceptors (Lipinski definition) is 2. The molecule has 0 bridgehead atoms.